The normalized spacial score (nSPS) is 10.6. The van der Waals surface area contributed by atoms with Crippen LogP contribution in [0, 0.1) is 0 Å². The molecule has 3 heteroatoms. The Morgan fingerprint density at radius 2 is 1.11 bits per heavy atom. The van der Waals surface area contributed by atoms with Crippen molar-refractivity contribution in [2.45, 2.75) is 26.4 Å². The van der Waals surface area contributed by atoms with Gasteiger partial charge in [-0.25, -0.2) is 0 Å². The van der Waals surface area contributed by atoms with E-state index in [1.165, 1.54) is 0 Å². The second-order valence-electron chi connectivity index (χ2n) is 4.45. The van der Waals surface area contributed by atoms with Crippen LogP contribution in [0.3, 0.4) is 0 Å². The number of hydrogen-bond acceptors (Lipinski definition) is 3. The van der Waals surface area contributed by atoms with E-state index in [4.69, 9.17) is 14.9 Å². The number of benzene rings is 2. The standard InChI is InChI=1S/C16H18O3/c17-9-13-3-1-5-15(7-13)11-19-12-16-6-2-4-14(8-16)10-18/h1-8,17-18H,9-12H2. The van der Waals surface area contributed by atoms with Crippen LogP contribution in [0.5, 0.6) is 0 Å². The molecule has 0 heterocycles. The van der Waals surface area contributed by atoms with Crippen LogP contribution in [0.2, 0.25) is 0 Å². The van der Waals surface area contributed by atoms with Crippen molar-refractivity contribution in [1.29, 1.82) is 0 Å². The fourth-order valence-electron chi connectivity index (χ4n) is 1.92. The number of aliphatic hydroxyl groups excluding tert-OH is 2. The summed E-state index contributed by atoms with van der Waals surface area (Å²) in [4.78, 5) is 0. The Balaban J connectivity index is 1.88. The Morgan fingerprint density at radius 1 is 0.684 bits per heavy atom. The Hall–Kier alpha value is -1.68. The lowest BCUT2D eigenvalue weighted by Gasteiger charge is -2.07. The number of ether oxygens (including phenoxy) is 1. The van der Waals surface area contributed by atoms with Gasteiger partial charge in [-0.3, -0.25) is 0 Å². The Labute approximate surface area is 113 Å². The zero-order valence-electron chi connectivity index (χ0n) is 10.7. The van der Waals surface area contributed by atoms with Crippen LogP contribution in [0.4, 0.5) is 0 Å². The molecule has 2 N–H and O–H groups in total. The van der Waals surface area contributed by atoms with Gasteiger partial charge >= 0.3 is 0 Å². The van der Waals surface area contributed by atoms with Gasteiger partial charge < -0.3 is 14.9 Å². The van der Waals surface area contributed by atoms with Crippen LogP contribution in [0.1, 0.15) is 22.3 Å². The first kappa shape index (κ1) is 13.7. The van der Waals surface area contributed by atoms with Gasteiger partial charge in [-0.15, -0.1) is 0 Å². The summed E-state index contributed by atoms with van der Waals surface area (Å²) in [6, 6.07) is 15.4. The van der Waals surface area contributed by atoms with E-state index in [2.05, 4.69) is 0 Å². The van der Waals surface area contributed by atoms with Crippen molar-refractivity contribution in [1.82, 2.24) is 0 Å². The molecule has 2 aromatic carbocycles. The first-order chi connectivity index (χ1) is 9.31. The highest BCUT2D eigenvalue weighted by Gasteiger charge is 1.98. The van der Waals surface area contributed by atoms with Crippen LogP contribution >= 0.6 is 0 Å². The molecule has 0 aliphatic rings. The SMILES string of the molecule is OCc1cccc(COCc2cccc(CO)c2)c1. The minimum Gasteiger partial charge on any atom is -0.392 e. The summed E-state index contributed by atoms with van der Waals surface area (Å²) >= 11 is 0. The number of aliphatic hydroxyl groups is 2. The number of hydrogen-bond donors (Lipinski definition) is 2. The van der Waals surface area contributed by atoms with E-state index in [0.717, 1.165) is 22.3 Å². The lowest BCUT2D eigenvalue weighted by molar-refractivity contribution is 0.107. The smallest absolute Gasteiger partial charge is 0.0721 e. The molecule has 0 radical (unpaired) electrons. The zero-order valence-corrected chi connectivity index (χ0v) is 10.7. The predicted octanol–water partition coefficient (Wildman–Crippen LogP) is 2.39. The van der Waals surface area contributed by atoms with E-state index in [1.807, 2.05) is 48.5 Å². The average molecular weight is 258 g/mol. The molecule has 0 bridgehead atoms. The van der Waals surface area contributed by atoms with Crippen molar-refractivity contribution < 1.29 is 14.9 Å². The summed E-state index contributed by atoms with van der Waals surface area (Å²) in [5, 5.41) is 18.1. The van der Waals surface area contributed by atoms with Crippen molar-refractivity contribution in [3.63, 3.8) is 0 Å². The van der Waals surface area contributed by atoms with Crippen LogP contribution < -0.4 is 0 Å². The van der Waals surface area contributed by atoms with Crippen molar-refractivity contribution in [2.24, 2.45) is 0 Å². The molecule has 19 heavy (non-hydrogen) atoms. The Morgan fingerprint density at radius 3 is 1.53 bits per heavy atom. The molecule has 2 aromatic rings. The van der Waals surface area contributed by atoms with Crippen molar-refractivity contribution >= 4 is 0 Å². The third-order valence-corrected chi connectivity index (χ3v) is 2.89. The molecule has 0 saturated heterocycles. The summed E-state index contributed by atoms with van der Waals surface area (Å²) in [7, 11) is 0. The van der Waals surface area contributed by atoms with Gasteiger partial charge in [-0.05, 0) is 22.3 Å². The van der Waals surface area contributed by atoms with Gasteiger partial charge in [0, 0.05) is 0 Å². The zero-order chi connectivity index (χ0) is 13.5. The third kappa shape index (κ3) is 4.17. The summed E-state index contributed by atoms with van der Waals surface area (Å²) in [6.07, 6.45) is 0. The lowest BCUT2D eigenvalue weighted by atomic mass is 10.1. The van der Waals surface area contributed by atoms with Crippen molar-refractivity contribution in [3.8, 4) is 0 Å². The molecule has 0 amide bonds. The number of rotatable bonds is 6. The molecule has 0 saturated carbocycles. The quantitative estimate of drug-likeness (QED) is 0.836. The molecule has 100 valence electrons. The van der Waals surface area contributed by atoms with E-state index in [0.29, 0.717) is 13.2 Å². The molecule has 0 aliphatic carbocycles. The van der Waals surface area contributed by atoms with Gasteiger partial charge in [0.2, 0.25) is 0 Å². The molecule has 2 rings (SSSR count). The topological polar surface area (TPSA) is 49.7 Å². The Kier molecular flexibility index (Phi) is 5.10. The minimum atomic E-state index is 0.0480. The highest BCUT2D eigenvalue weighted by Crippen LogP contribution is 2.10. The second kappa shape index (κ2) is 7.04. The third-order valence-electron chi connectivity index (χ3n) is 2.89. The molecular weight excluding hydrogens is 240 g/mol. The van der Waals surface area contributed by atoms with Gasteiger partial charge in [-0.2, -0.15) is 0 Å². The molecule has 0 atom stereocenters. The first-order valence-corrected chi connectivity index (χ1v) is 6.27. The maximum Gasteiger partial charge on any atom is 0.0721 e. The summed E-state index contributed by atoms with van der Waals surface area (Å²) in [5.74, 6) is 0. The fraction of sp³-hybridized carbons (Fsp3) is 0.250. The Bertz CT molecular complexity index is 475. The highest BCUT2D eigenvalue weighted by atomic mass is 16.5. The van der Waals surface area contributed by atoms with E-state index in [9.17, 15) is 0 Å². The predicted molar refractivity (Wildman–Crippen MR) is 73.2 cm³/mol. The van der Waals surface area contributed by atoms with Gasteiger partial charge in [0.25, 0.3) is 0 Å². The fourth-order valence-corrected chi connectivity index (χ4v) is 1.92. The molecular formula is C16H18O3. The van der Waals surface area contributed by atoms with E-state index < -0.39 is 0 Å². The molecule has 0 unspecified atom stereocenters. The van der Waals surface area contributed by atoms with E-state index in [1.54, 1.807) is 0 Å². The summed E-state index contributed by atoms with van der Waals surface area (Å²) < 4.78 is 5.64. The van der Waals surface area contributed by atoms with Crippen LogP contribution in [0.25, 0.3) is 0 Å². The van der Waals surface area contributed by atoms with Gasteiger partial charge in [0.1, 0.15) is 0 Å². The summed E-state index contributed by atoms with van der Waals surface area (Å²) in [6.45, 7) is 1.12. The largest absolute Gasteiger partial charge is 0.392 e. The second-order valence-corrected chi connectivity index (χ2v) is 4.45. The van der Waals surface area contributed by atoms with Crippen LogP contribution in [0.15, 0.2) is 48.5 Å². The van der Waals surface area contributed by atoms with Gasteiger partial charge in [-0.1, -0.05) is 48.5 Å². The molecule has 0 fully saturated rings. The maximum absolute atomic E-state index is 9.06. The monoisotopic (exact) mass is 258 g/mol. The van der Waals surface area contributed by atoms with E-state index in [-0.39, 0.29) is 13.2 Å². The van der Waals surface area contributed by atoms with Crippen LogP contribution in [-0.4, -0.2) is 10.2 Å². The van der Waals surface area contributed by atoms with Gasteiger partial charge in [0.05, 0.1) is 26.4 Å². The van der Waals surface area contributed by atoms with Crippen molar-refractivity contribution in [3.05, 3.63) is 70.8 Å². The van der Waals surface area contributed by atoms with Crippen molar-refractivity contribution in [2.75, 3.05) is 0 Å². The maximum atomic E-state index is 9.06. The van der Waals surface area contributed by atoms with Crippen LogP contribution in [-0.2, 0) is 31.2 Å². The summed E-state index contributed by atoms with van der Waals surface area (Å²) in [5.41, 5.74) is 3.88. The highest BCUT2D eigenvalue weighted by molar-refractivity contribution is 5.23. The first-order valence-electron chi connectivity index (χ1n) is 6.27. The average Bonchev–Trinajstić information content (AvgIpc) is 2.48. The molecule has 0 aliphatic heterocycles. The molecule has 0 aromatic heterocycles. The minimum absolute atomic E-state index is 0.0480. The van der Waals surface area contributed by atoms with E-state index >= 15 is 0 Å². The molecule has 3 nitrogen and oxygen atoms in total. The van der Waals surface area contributed by atoms with Gasteiger partial charge in [0.15, 0.2) is 0 Å². The molecule has 0 spiro atoms. The lowest BCUT2D eigenvalue weighted by Crippen LogP contribution is -1.96.